The lowest BCUT2D eigenvalue weighted by Crippen LogP contribution is -2.62. The van der Waals surface area contributed by atoms with Crippen LogP contribution in [0.15, 0.2) is 24.3 Å². The third-order valence-corrected chi connectivity index (χ3v) is 8.54. The van der Waals surface area contributed by atoms with Crippen LogP contribution in [0.4, 0.5) is 5.69 Å². The Morgan fingerprint density at radius 1 is 0.867 bits per heavy atom. The second-order valence-electron chi connectivity index (χ2n) is 11.1. The van der Waals surface area contributed by atoms with E-state index < -0.39 is 80.5 Å². The monoisotopic (exact) mass is 633 g/mol. The number of anilines is 1. The Bertz CT molecular complexity index is 1650. The van der Waals surface area contributed by atoms with Gasteiger partial charge in [-0.3, -0.25) is 4.79 Å². The van der Waals surface area contributed by atoms with E-state index in [1.165, 1.54) is 7.11 Å². The molecule has 16 nitrogen and oxygen atoms in total. The lowest BCUT2D eigenvalue weighted by Gasteiger charge is -2.42. The summed E-state index contributed by atoms with van der Waals surface area (Å²) in [7, 11) is 1.44. The van der Waals surface area contributed by atoms with E-state index in [0.29, 0.717) is 44.4 Å². The average Bonchev–Trinajstić information content (AvgIpc) is 3.65. The maximum Gasteiger partial charge on any atom is 0.256 e. The number of methoxy groups -OCH3 is 1. The van der Waals surface area contributed by atoms with Crippen LogP contribution in [-0.2, 0) is 14.2 Å². The highest BCUT2D eigenvalue weighted by atomic mass is 16.7. The molecule has 3 aromatic carbocycles. The van der Waals surface area contributed by atoms with E-state index >= 15 is 0 Å². The number of carbonyl (C=O) groups is 1. The van der Waals surface area contributed by atoms with Gasteiger partial charge in [0.05, 0.1) is 37.0 Å². The van der Waals surface area contributed by atoms with Crippen LogP contribution in [0, 0.1) is 0 Å². The molecule has 4 aliphatic rings. The topological polar surface area (TPSA) is 235 Å². The number of benzene rings is 3. The van der Waals surface area contributed by atoms with E-state index in [9.17, 15) is 40.5 Å². The summed E-state index contributed by atoms with van der Waals surface area (Å²) in [6.07, 6.45) is -16.1. The van der Waals surface area contributed by atoms with Crippen molar-refractivity contribution in [3.05, 3.63) is 29.8 Å². The number of hydrogen-bond acceptors (Lipinski definition) is 15. The van der Waals surface area contributed by atoms with Crippen LogP contribution in [-0.4, -0.2) is 130 Å². The molecular weight excluding hydrogens is 602 g/mol. The van der Waals surface area contributed by atoms with Gasteiger partial charge in [-0.1, -0.05) is 12.1 Å². The van der Waals surface area contributed by atoms with Crippen molar-refractivity contribution in [2.45, 2.75) is 61.4 Å². The summed E-state index contributed by atoms with van der Waals surface area (Å²) in [5.74, 6) is 0.757. The van der Waals surface area contributed by atoms with Crippen molar-refractivity contribution >= 4 is 33.1 Å². The number of ether oxygens (including phenoxy) is 7. The highest BCUT2D eigenvalue weighted by molar-refractivity contribution is 6.33. The largest absolute Gasteiger partial charge is 0.496 e. The molecule has 0 bridgehead atoms. The minimum atomic E-state index is -1.80. The highest BCUT2D eigenvalue weighted by Crippen LogP contribution is 2.55. The molecule has 0 unspecified atom stereocenters. The second kappa shape index (κ2) is 11.4. The Kier molecular flexibility index (Phi) is 7.60. The van der Waals surface area contributed by atoms with Crippen LogP contribution in [0.1, 0.15) is 10.4 Å². The maximum absolute atomic E-state index is 13.1. The summed E-state index contributed by atoms with van der Waals surface area (Å²) in [6.45, 7) is -1.27. The summed E-state index contributed by atoms with van der Waals surface area (Å²) in [4.78, 5) is 13.1. The van der Waals surface area contributed by atoms with Crippen LogP contribution in [0.25, 0.3) is 21.5 Å². The third kappa shape index (κ3) is 4.65. The molecule has 45 heavy (non-hydrogen) atoms. The molecule has 7 rings (SSSR count). The van der Waals surface area contributed by atoms with Gasteiger partial charge in [-0.15, -0.1) is 0 Å². The zero-order valence-corrected chi connectivity index (χ0v) is 23.6. The molecule has 10 atom stereocenters. The zero-order chi connectivity index (χ0) is 31.7. The number of amides is 1. The molecule has 2 saturated heterocycles. The smallest absolute Gasteiger partial charge is 0.256 e. The average molecular weight is 634 g/mol. The summed E-state index contributed by atoms with van der Waals surface area (Å²) in [5.41, 5.74) is 0.524. The van der Waals surface area contributed by atoms with E-state index in [2.05, 4.69) is 5.32 Å². The molecule has 0 aromatic heterocycles. The van der Waals surface area contributed by atoms with Crippen molar-refractivity contribution in [3.63, 3.8) is 0 Å². The van der Waals surface area contributed by atoms with Gasteiger partial charge in [0.25, 0.3) is 5.91 Å². The fraction of sp³-hybridized carbons (Fsp3) is 0.483. The van der Waals surface area contributed by atoms with Gasteiger partial charge in [0.15, 0.2) is 23.5 Å². The van der Waals surface area contributed by atoms with Gasteiger partial charge in [0, 0.05) is 16.2 Å². The van der Waals surface area contributed by atoms with Crippen LogP contribution < -0.4 is 24.3 Å². The molecule has 0 spiro atoms. The van der Waals surface area contributed by atoms with Gasteiger partial charge in [-0.05, 0) is 12.1 Å². The van der Waals surface area contributed by atoms with Gasteiger partial charge >= 0.3 is 0 Å². The SMILES string of the molecule is COc1cccc2c1c(O[C@@H]1O[C@H](CO[C@@H]3O[C@H](CO)[C@@H](O)[C@H](O)[C@H]3O)[C@@H](O)[C@H](O)[C@H]1O)c1c3c(cc4c(c32)OCO4)C(=O)N1. The third-order valence-electron chi connectivity index (χ3n) is 8.54. The summed E-state index contributed by atoms with van der Waals surface area (Å²) < 4.78 is 39.9. The number of aliphatic hydroxyl groups excluding tert-OH is 7. The number of hydrogen-bond donors (Lipinski definition) is 8. The summed E-state index contributed by atoms with van der Waals surface area (Å²) >= 11 is 0. The number of nitrogens with one attached hydrogen (secondary N) is 1. The van der Waals surface area contributed by atoms with Crippen LogP contribution in [0.3, 0.4) is 0 Å². The molecule has 4 heterocycles. The first kappa shape index (κ1) is 30.1. The van der Waals surface area contributed by atoms with E-state index in [1.54, 1.807) is 24.3 Å². The lowest BCUT2D eigenvalue weighted by atomic mass is 9.95. The standard InChI is InChI=1S/C29H31NO15/c1-39-11-4-2-3-9-15(11)26(18-16-10(27(38)30-18)5-12-25(17(9)16)42-8-41-12)45-29-24(37)22(35)20(33)14(44-29)7-40-28-23(36)21(34)19(32)13(6-31)43-28/h2-5,13-14,19-24,28-29,31-37H,6-8H2,1H3,(H,30,38)/t13-,14-,19-,20-,21+,22+,23-,24-,28-,29+/m1/s1. The number of carbonyl (C=O) groups excluding carboxylic acids is 1. The van der Waals surface area contributed by atoms with Crippen molar-refractivity contribution < 1.29 is 73.7 Å². The Morgan fingerprint density at radius 2 is 1.58 bits per heavy atom. The first-order chi connectivity index (χ1) is 21.6. The second-order valence-corrected chi connectivity index (χ2v) is 11.1. The van der Waals surface area contributed by atoms with E-state index in [0.717, 1.165) is 0 Å². The van der Waals surface area contributed by atoms with E-state index in [4.69, 9.17) is 33.2 Å². The summed E-state index contributed by atoms with van der Waals surface area (Å²) in [6, 6.07) is 6.74. The van der Waals surface area contributed by atoms with E-state index in [-0.39, 0.29) is 18.2 Å². The lowest BCUT2D eigenvalue weighted by molar-refractivity contribution is -0.323. The summed E-state index contributed by atoms with van der Waals surface area (Å²) in [5, 5.41) is 77.0. The first-order valence-corrected chi connectivity index (χ1v) is 14.1. The normalized spacial score (nSPS) is 33.9. The van der Waals surface area contributed by atoms with Gasteiger partial charge in [0.1, 0.15) is 54.6 Å². The number of aliphatic hydroxyl groups is 7. The quantitative estimate of drug-likeness (QED) is 0.135. The van der Waals surface area contributed by atoms with Gasteiger partial charge in [0.2, 0.25) is 13.1 Å². The molecule has 16 heteroatoms. The maximum atomic E-state index is 13.1. The molecule has 3 aromatic rings. The molecule has 0 radical (unpaired) electrons. The Labute approximate surface area is 253 Å². The minimum absolute atomic E-state index is 0.0382. The fourth-order valence-electron chi connectivity index (χ4n) is 6.20. The predicted octanol–water partition coefficient (Wildman–Crippen LogP) is -1.70. The van der Waals surface area contributed by atoms with Gasteiger partial charge in [-0.25, -0.2) is 0 Å². The Balaban J connectivity index is 1.24. The number of rotatable bonds is 7. The fourth-order valence-corrected chi connectivity index (χ4v) is 6.20. The molecule has 0 saturated carbocycles. The molecular formula is C29H31NO15. The molecule has 0 aliphatic carbocycles. The van der Waals surface area contributed by atoms with Crippen LogP contribution in [0.2, 0.25) is 0 Å². The number of fused-ring (bicyclic) bond motifs is 4. The first-order valence-electron chi connectivity index (χ1n) is 14.1. The molecule has 8 N–H and O–H groups in total. The predicted molar refractivity (Wildman–Crippen MR) is 149 cm³/mol. The van der Waals surface area contributed by atoms with Crippen LogP contribution >= 0.6 is 0 Å². The molecule has 4 aliphatic heterocycles. The van der Waals surface area contributed by atoms with Crippen molar-refractivity contribution in [2.75, 3.05) is 32.4 Å². The van der Waals surface area contributed by atoms with Gasteiger partial charge in [-0.2, -0.15) is 0 Å². The van der Waals surface area contributed by atoms with Crippen molar-refractivity contribution in [3.8, 4) is 23.0 Å². The Hall–Kier alpha value is -3.55. The Morgan fingerprint density at radius 3 is 2.31 bits per heavy atom. The van der Waals surface area contributed by atoms with Gasteiger partial charge < -0.3 is 74.2 Å². The molecule has 1 amide bonds. The minimum Gasteiger partial charge on any atom is -0.496 e. The van der Waals surface area contributed by atoms with Crippen molar-refractivity contribution in [1.29, 1.82) is 0 Å². The van der Waals surface area contributed by atoms with Crippen molar-refractivity contribution in [2.24, 2.45) is 0 Å². The molecule has 242 valence electrons. The van der Waals surface area contributed by atoms with E-state index in [1.807, 2.05) is 0 Å². The highest BCUT2D eigenvalue weighted by Gasteiger charge is 2.48. The van der Waals surface area contributed by atoms with Crippen molar-refractivity contribution in [1.82, 2.24) is 0 Å². The zero-order valence-electron chi connectivity index (χ0n) is 23.6. The molecule has 2 fully saturated rings. The van der Waals surface area contributed by atoms with Crippen LogP contribution in [0.5, 0.6) is 23.0 Å².